The molecule has 1 aliphatic heterocycles. The fourth-order valence-electron chi connectivity index (χ4n) is 2.97. The maximum absolute atomic E-state index is 12.4. The highest BCUT2D eigenvalue weighted by molar-refractivity contribution is 5.94. The number of rotatable bonds is 5. The van der Waals surface area contributed by atoms with Crippen LogP contribution in [-0.2, 0) is 13.0 Å². The highest BCUT2D eigenvalue weighted by Gasteiger charge is 2.18. The van der Waals surface area contributed by atoms with E-state index in [0.29, 0.717) is 23.9 Å². The monoisotopic (exact) mass is 328 g/mol. The quantitative estimate of drug-likeness (QED) is 0.876. The molecule has 128 valence electrons. The number of piperidine rings is 1. The fourth-order valence-corrected chi connectivity index (χ4v) is 2.97. The van der Waals surface area contributed by atoms with E-state index in [1.54, 1.807) is 12.3 Å². The third-order valence-corrected chi connectivity index (χ3v) is 4.30. The molecular formula is C17H24N6O. The van der Waals surface area contributed by atoms with E-state index in [1.807, 2.05) is 13.0 Å². The Balaban J connectivity index is 1.63. The lowest BCUT2D eigenvalue weighted by atomic mass is 10.0. The molecular weight excluding hydrogens is 304 g/mol. The van der Waals surface area contributed by atoms with E-state index in [9.17, 15) is 4.79 Å². The number of nitrogens with zero attached hydrogens (tertiary/aromatic N) is 4. The van der Waals surface area contributed by atoms with Gasteiger partial charge in [0.25, 0.3) is 5.91 Å². The highest BCUT2D eigenvalue weighted by atomic mass is 16.1. The summed E-state index contributed by atoms with van der Waals surface area (Å²) < 4.78 is 0. The first-order valence-electron chi connectivity index (χ1n) is 8.55. The maximum atomic E-state index is 12.4. The van der Waals surface area contributed by atoms with Crippen LogP contribution in [0.15, 0.2) is 18.3 Å². The first-order valence-corrected chi connectivity index (χ1v) is 8.55. The van der Waals surface area contributed by atoms with E-state index >= 15 is 0 Å². The summed E-state index contributed by atoms with van der Waals surface area (Å²) in [6.45, 7) is 6.58. The molecule has 3 rings (SSSR count). The lowest BCUT2D eigenvalue weighted by Crippen LogP contribution is -2.35. The second-order valence-corrected chi connectivity index (χ2v) is 6.33. The number of hydrogen-bond acceptors (Lipinski definition) is 5. The fraction of sp³-hybridized carbons (Fsp3) is 0.529. The zero-order valence-corrected chi connectivity index (χ0v) is 14.2. The van der Waals surface area contributed by atoms with Gasteiger partial charge in [-0.05, 0) is 30.9 Å². The van der Waals surface area contributed by atoms with Gasteiger partial charge < -0.3 is 10.2 Å². The molecule has 1 aliphatic rings. The van der Waals surface area contributed by atoms with Crippen LogP contribution in [0.25, 0.3) is 0 Å². The Morgan fingerprint density at radius 1 is 1.50 bits per heavy atom. The summed E-state index contributed by atoms with van der Waals surface area (Å²) in [4.78, 5) is 23.4. The largest absolute Gasteiger partial charge is 0.356 e. The minimum atomic E-state index is -0.127. The van der Waals surface area contributed by atoms with Gasteiger partial charge in [0.1, 0.15) is 11.6 Å². The van der Waals surface area contributed by atoms with E-state index in [0.717, 1.165) is 31.2 Å². The van der Waals surface area contributed by atoms with E-state index in [-0.39, 0.29) is 5.91 Å². The molecule has 1 atom stereocenters. The minimum Gasteiger partial charge on any atom is -0.356 e. The van der Waals surface area contributed by atoms with Crippen molar-refractivity contribution >= 4 is 11.7 Å². The Hall–Kier alpha value is -2.44. The van der Waals surface area contributed by atoms with Crippen molar-refractivity contribution in [2.24, 2.45) is 5.92 Å². The number of carbonyl (C=O) groups is 1. The van der Waals surface area contributed by atoms with Crippen LogP contribution in [0.4, 0.5) is 5.82 Å². The van der Waals surface area contributed by atoms with Crippen molar-refractivity contribution < 1.29 is 4.79 Å². The summed E-state index contributed by atoms with van der Waals surface area (Å²) in [7, 11) is 0. The number of pyridine rings is 1. The molecule has 0 bridgehead atoms. The summed E-state index contributed by atoms with van der Waals surface area (Å²) in [5.74, 6) is 2.83. The number of amides is 1. The van der Waals surface area contributed by atoms with Gasteiger partial charge in [-0.25, -0.2) is 9.97 Å². The van der Waals surface area contributed by atoms with Crippen LogP contribution in [0.5, 0.6) is 0 Å². The molecule has 1 saturated heterocycles. The van der Waals surface area contributed by atoms with Crippen molar-refractivity contribution in [2.45, 2.75) is 39.7 Å². The Morgan fingerprint density at radius 2 is 2.38 bits per heavy atom. The molecule has 2 aromatic heterocycles. The van der Waals surface area contributed by atoms with Crippen molar-refractivity contribution in [1.82, 2.24) is 25.5 Å². The van der Waals surface area contributed by atoms with Crippen LogP contribution in [0.3, 0.4) is 0 Å². The maximum Gasteiger partial charge on any atom is 0.251 e. The number of carbonyl (C=O) groups excluding carboxylic acids is 1. The summed E-state index contributed by atoms with van der Waals surface area (Å²) in [6.07, 6.45) is 4.90. The molecule has 0 aliphatic carbocycles. The van der Waals surface area contributed by atoms with Gasteiger partial charge in [-0.3, -0.25) is 9.89 Å². The average molecular weight is 328 g/mol. The number of anilines is 1. The molecule has 1 unspecified atom stereocenters. The van der Waals surface area contributed by atoms with Gasteiger partial charge in [0.2, 0.25) is 0 Å². The van der Waals surface area contributed by atoms with Gasteiger partial charge in [-0.1, -0.05) is 13.8 Å². The van der Waals surface area contributed by atoms with Gasteiger partial charge in [0, 0.05) is 31.3 Å². The Bertz CT molecular complexity index is 698. The molecule has 0 aromatic carbocycles. The third kappa shape index (κ3) is 3.90. The minimum absolute atomic E-state index is 0.127. The normalized spacial score (nSPS) is 17.8. The molecule has 7 heteroatoms. The second-order valence-electron chi connectivity index (χ2n) is 6.33. The second kappa shape index (κ2) is 7.42. The number of aromatic nitrogens is 4. The van der Waals surface area contributed by atoms with Crippen molar-refractivity contribution in [3.63, 3.8) is 0 Å². The predicted octanol–water partition coefficient (Wildman–Crippen LogP) is 1.93. The molecule has 2 aromatic rings. The van der Waals surface area contributed by atoms with Crippen LogP contribution >= 0.6 is 0 Å². The first kappa shape index (κ1) is 16.4. The van der Waals surface area contributed by atoms with Crippen LogP contribution in [0.2, 0.25) is 0 Å². The summed E-state index contributed by atoms with van der Waals surface area (Å²) in [5.41, 5.74) is 0.619. The zero-order valence-electron chi connectivity index (χ0n) is 14.2. The van der Waals surface area contributed by atoms with E-state index in [2.05, 4.69) is 37.3 Å². The molecule has 2 N–H and O–H groups in total. The highest BCUT2D eigenvalue weighted by Crippen LogP contribution is 2.21. The number of nitrogens with one attached hydrogen (secondary N) is 2. The van der Waals surface area contributed by atoms with Gasteiger partial charge in [-0.2, -0.15) is 5.10 Å². The first-order chi connectivity index (χ1) is 11.7. The number of H-pyrrole nitrogens is 1. The lowest BCUT2D eigenvalue weighted by Gasteiger charge is -2.31. The molecule has 7 nitrogen and oxygen atoms in total. The predicted molar refractivity (Wildman–Crippen MR) is 91.8 cm³/mol. The number of aryl methyl sites for hydroxylation is 1. The SMILES string of the molecule is CCc1n[nH]c(CNC(=O)c2ccnc(N3CCCC(C)C3)c2)n1. The van der Waals surface area contributed by atoms with Crippen molar-refractivity contribution in [3.05, 3.63) is 35.5 Å². The standard InChI is InChI=1S/C17H24N6O/c1-3-14-20-15(22-21-14)10-19-17(24)13-6-7-18-16(9-13)23-8-4-5-12(2)11-23/h6-7,9,12H,3-5,8,10-11H2,1-2H3,(H,19,24)(H,20,21,22). The smallest absolute Gasteiger partial charge is 0.251 e. The van der Waals surface area contributed by atoms with E-state index < -0.39 is 0 Å². The summed E-state index contributed by atoms with van der Waals surface area (Å²) >= 11 is 0. The van der Waals surface area contributed by atoms with Crippen LogP contribution in [0, 0.1) is 5.92 Å². The molecule has 0 radical (unpaired) electrons. The van der Waals surface area contributed by atoms with E-state index in [4.69, 9.17) is 0 Å². The Labute approximate surface area is 141 Å². The van der Waals surface area contributed by atoms with Gasteiger partial charge in [-0.15, -0.1) is 0 Å². The summed E-state index contributed by atoms with van der Waals surface area (Å²) in [6, 6.07) is 3.61. The van der Waals surface area contributed by atoms with Crippen molar-refractivity contribution in [3.8, 4) is 0 Å². The van der Waals surface area contributed by atoms with Gasteiger partial charge >= 0.3 is 0 Å². The van der Waals surface area contributed by atoms with Crippen LogP contribution in [0.1, 0.15) is 48.7 Å². The molecule has 1 fully saturated rings. The van der Waals surface area contributed by atoms with Crippen molar-refractivity contribution in [2.75, 3.05) is 18.0 Å². The molecule has 0 saturated carbocycles. The average Bonchev–Trinajstić information content (AvgIpc) is 3.08. The van der Waals surface area contributed by atoms with Crippen LogP contribution in [-0.4, -0.2) is 39.2 Å². The third-order valence-electron chi connectivity index (χ3n) is 4.30. The zero-order chi connectivity index (χ0) is 16.9. The number of aromatic amines is 1. The molecule has 24 heavy (non-hydrogen) atoms. The Kier molecular flexibility index (Phi) is 5.08. The number of hydrogen-bond donors (Lipinski definition) is 2. The Morgan fingerprint density at radius 3 is 3.12 bits per heavy atom. The topological polar surface area (TPSA) is 86.8 Å². The molecule has 3 heterocycles. The van der Waals surface area contributed by atoms with E-state index in [1.165, 1.54) is 12.8 Å². The molecule has 0 spiro atoms. The summed E-state index contributed by atoms with van der Waals surface area (Å²) in [5, 5.41) is 9.77. The van der Waals surface area contributed by atoms with Gasteiger partial charge in [0.05, 0.1) is 6.54 Å². The molecule has 1 amide bonds. The lowest BCUT2D eigenvalue weighted by molar-refractivity contribution is 0.0950. The van der Waals surface area contributed by atoms with Gasteiger partial charge in [0.15, 0.2) is 5.82 Å². The van der Waals surface area contributed by atoms with Crippen LogP contribution < -0.4 is 10.2 Å². The van der Waals surface area contributed by atoms with Crippen molar-refractivity contribution in [1.29, 1.82) is 0 Å².